The fraction of sp³-hybridized carbons (Fsp3) is 0.250. The SMILES string of the molecule is Cc1cccc(-c2nn([C@@H]3CCOC3)cc2-c2ccc3nnc(C(N)=O)n3c2)n1. The lowest BCUT2D eigenvalue weighted by Crippen LogP contribution is -2.15. The molecule has 1 aliphatic rings. The van der Waals surface area contributed by atoms with Gasteiger partial charge in [-0.1, -0.05) is 6.07 Å². The molecule has 4 aromatic rings. The van der Waals surface area contributed by atoms with Crippen LogP contribution in [-0.2, 0) is 4.74 Å². The number of primary amides is 1. The quantitative estimate of drug-likeness (QED) is 0.571. The van der Waals surface area contributed by atoms with Crippen LogP contribution in [0.5, 0.6) is 0 Å². The molecule has 1 amide bonds. The van der Waals surface area contributed by atoms with Gasteiger partial charge < -0.3 is 10.5 Å². The number of fused-ring (bicyclic) bond motifs is 1. The third kappa shape index (κ3) is 3.05. The molecule has 0 bridgehead atoms. The maximum absolute atomic E-state index is 11.7. The molecule has 1 atom stereocenters. The van der Waals surface area contributed by atoms with Crippen LogP contribution in [0.2, 0.25) is 0 Å². The van der Waals surface area contributed by atoms with Crippen LogP contribution in [0.15, 0.2) is 42.7 Å². The van der Waals surface area contributed by atoms with E-state index in [1.165, 1.54) is 0 Å². The van der Waals surface area contributed by atoms with Gasteiger partial charge in [0.05, 0.1) is 18.3 Å². The van der Waals surface area contributed by atoms with E-state index >= 15 is 0 Å². The Morgan fingerprint density at radius 1 is 1.21 bits per heavy atom. The van der Waals surface area contributed by atoms with Gasteiger partial charge in [0.15, 0.2) is 5.65 Å². The molecule has 0 radical (unpaired) electrons. The largest absolute Gasteiger partial charge is 0.379 e. The third-order valence-corrected chi connectivity index (χ3v) is 5.08. The van der Waals surface area contributed by atoms with Gasteiger partial charge >= 0.3 is 0 Å². The van der Waals surface area contributed by atoms with Gasteiger partial charge in [-0.05, 0) is 37.6 Å². The zero-order chi connectivity index (χ0) is 20.0. The minimum absolute atomic E-state index is 0.0914. The summed E-state index contributed by atoms with van der Waals surface area (Å²) in [4.78, 5) is 16.3. The van der Waals surface area contributed by atoms with Gasteiger partial charge in [0.1, 0.15) is 5.69 Å². The van der Waals surface area contributed by atoms with Crippen LogP contribution in [0.25, 0.3) is 28.2 Å². The molecule has 29 heavy (non-hydrogen) atoms. The standard InChI is InChI=1S/C20H19N7O2/c1-12-3-2-4-16(22-12)18-15(10-27(25-18)14-7-8-29-11-14)13-5-6-17-23-24-20(19(21)28)26(17)9-13/h2-6,9-10,14H,7-8,11H2,1H3,(H2,21,28)/t14-/m1/s1. The molecule has 2 N–H and O–H groups in total. The fourth-order valence-corrected chi connectivity index (χ4v) is 3.60. The Morgan fingerprint density at radius 2 is 2.10 bits per heavy atom. The van der Waals surface area contributed by atoms with Crippen molar-refractivity contribution in [1.82, 2.24) is 29.4 Å². The van der Waals surface area contributed by atoms with Crippen molar-refractivity contribution in [3.8, 4) is 22.5 Å². The Balaban J connectivity index is 1.69. The Morgan fingerprint density at radius 3 is 2.86 bits per heavy atom. The summed E-state index contributed by atoms with van der Waals surface area (Å²) in [7, 11) is 0. The molecule has 0 aromatic carbocycles. The first-order chi connectivity index (χ1) is 14.1. The first-order valence-corrected chi connectivity index (χ1v) is 9.36. The zero-order valence-corrected chi connectivity index (χ0v) is 15.8. The molecule has 1 aliphatic heterocycles. The molecule has 4 aromatic heterocycles. The number of nitrogens with two attached hydrogens (primary N) is 1. The van der Waals surface area contributed by atoms with Crippen LogP contribution in [-0.4, -0.2) is 48.5 Å². The van der Waals surface area contributed by atoms with E-state index in [0.717, 1.165) is 41.2 Å². The second-order valence-corrected chi connectivity index (χ2v) is 7.09. The molecule has 0 saturated carbocycles. The normalized spacial score (nSPS) is 16.5. The maximum atomic E-state index is 11.7. The predicted molar refractivity (Wildman–Crippen MR) is 105 cm³/mol. The van der Waals surface area contributed by atoms with E-state index in [2.05, 4.69) is 15.2 Å². The molecule has 0 aliphatic carbocycles. The van der Waals surface area contributed by atoms with Crippen molar-refractivity contribution in [3.05, 3.63) is 54.2 Å². The number of carbonyl (C=O) groups excluding carboxylic acids is 1. The number of carbonyl (C=O) groups is 1. The van der Waals surface area contributed by atoms with Crippen molar-refractivity contribution >= 4 is 11.6 Å². The number of aryl methyl sites for hydroxylation is 1. The van der Waals surface area contributed by atoms with Crippen LogP contribution in [0.1, 0.15) is 28.8 Å². The topological polar surface area (TPSA) is 113 Å². The maximum Gasteiger partial charge on any atom is 0.287 e. The highest BCUT2D eigenvalue weighted by atomic mass is 16.5. The summed E-state index contributed by atoms with van der Waals surface area (Å²) in [6.45, 7) is 3.32. The summed E-state index contributed by atoms with van der Waals surface area (Å²) in [6, 6.07) is 9.78. The number of amides is 1. The second kappa shape index (κ2) is 6.78. The summed E-state index contributed by atoms with van der Waals surface area (Å²) >= 11 is 0. The van der Waals surface area contributed by atoms with Crippen LogP contribution in [0, 0.1) is 6.92 Å². The average molecular weight is 389 g/mol. The Labute approximate surface area is 166 Å². The van der Waals surface area contributed by atoms with Crippen LogP contribution in [0.4, 0.5) is 0 Å². The number of hydrogen-bond donors (Lipinski definition) is 1. The van der Waals surface area contributed by atoms with E-state index in [4.69, 9.17) is 15.6 Å². The number of hydrogen-bond acceptors (Lipinski definition) is 6. The summed E-state index contributed by atoms with van der Waals surface area (Å²) in [6.07, 6.45) is 4.73. The van der Waals surface area contributed by atoms with Crippen molar-refractivity contribution in [2.24, 2.45) is 5.73 Å². The second-order valence-electron chi connectivity index (χ2n) is 7.09. The predicted octanol–water partition coefficient (Wildman–Crippen LogP) is 2.02. The van der Waals surface area contributed by atoms with Crippen LogP contribution < -0.4 is 5.73 Å². The fourth-order valence-electron chi connectivity index (χ4n) is 3.60. The van der Waals surface area contributed by atoms with E-state index in [1.807, 2.05) is 42.1 Å². The number of ether oxygens (including phenoxy) is 1. The number of nitrogens with zero attached hydrogens (tertiary/aromatic N) is 6. The molecule has 0 unspecified atom stereocenters. The first-order valence-electron chi connectivity index (χ1n) is 9.36. The minimum atomic E-state index is -0.631. The van der Waals surface area contributed by atoms with Gasteiger partial charge in [-0.25, -0.2) is 0 Å². The summed E-state index contributed by atoms with van der Waals surface area (Å²) in [5, 5.41) is 12.7. The zero-order valence-electron chi connectivity index (χ0n) is 15.8. The van der Waals surface area contributed by atoms with E-state index in [1.54, 1.807) is 16.7 Å². The molecule has 146 valence electrons. The smallest absolute Gasteiger partial charge is 0.287 e. The Hall–Kier alpha value is -3.59. The Kier molecular flexibility index (Phi) is 4.09. The van der Waals surface area contributed by atoms with Gasteiger partial charge in [0.2, 0.25) is 5.82 Å². The lowest BCUT2D eigenvalue weighted by molar-refractivity contribution is 0.0989. The molecular weight excluding hydrogens is 370 g/mol. The van der Waals surface area contributed by atoms with E-state index in [0.29, 0.717) is 12.3 Å². The van der Waals surface area contributed by atoms with E-state index in [9.17, 15) is 4.79 Å². The molecule has 1 saturated heterocycles. The van der Waals surface area contributed by atoms with Gasteiger partial charge in [0, 0.05) is 35.8 Å². The minimum Gasteiger partial charge on any atom is -0.379 e. The summed E-state index contributed by atoms with van der Waals surface area (Å²) in [5.74, 6) is -0.539. The number of rotatable bonds is 4. The highest BCUT2D eigenvalue weighted by Gasteiger charge is 2.23. The van der Waals surface area contributed by atoms with Crippen LogP contribution in [0.3, 0.4) is 0 Å². The van der Waals surface area contributed by atoms with Gasteiger partial charge in [0.25, 0.3) is 5.91 Å². The molecule has 9 nitrogen and oxygen atoms in total. The van der Waals surface area contributed by atoms with Crippen molar-refractivity contribution in [3.63, 3.8) is 0 Å². The van der Waals surface area contributed by atoms with Crippen LogP contribution >= 0.6 is 0 Å². The van der Waals surface area contributed by atoms with Gasteiger partial charge in [-0.2, -0.15) is 5.10 Å². The van der Waals surface area contributed by atoms with Gasteiger partial charge in [-0.3, -0.25) is 18.9 Å². The number of pyridine rings is 2. The lowest BCUT2D eigenvalue weighted by atomic mass is 10.1. The molecule has 9 heteroatoms. The average Bonchev–Trinajstić information content (AvgIpc) is 3.45. The van der Waals surface area contributed by atoms with E-state index in [-0.39, 0.29) is 11.9 Å². The number of aromatic nitrogens is 6. The monoisotopic (exact) mass is 389 g/mol. The molecule has 5 rings (SSSR count). The molecule has 0 spiro atoms. The first kappa shape index (κ1) is 17.5. The molecule has 1 fully saturated rings. The highest BCUT2D eigenvalue weighted by molar-refractivity contribution is 5.90. The van der Waals surface area contributed by atoms with Gasteiger partial charge in [-0.15, -0.1) is 10.2 Å². The van der Waals surface area contributed by atoms with Crippen molar-refractivity contribution in [2.75, 3.05) is 13.2 Å². The summed E-state index contributed by atoms with van der Waals surface area (Å²) < 4.78 is 9.08. The summed E-state index contributed by atoms with van der Waals surface area (Å²) in [5.41, 5.74) is 10.2. The molecular formula is C20H19N7O2. The molecule has 5 heterocycles. The van der Waals surface area contributed by atoms with Crippen molar-refractivity contribution < 1.29 is 9.53 Å². The lowest BCUT2D eigenvalue weighted by Gasteiger charge is -2.07. The third-order valence-electron chi connectivity index (χ3n) is 5.08. The Bertz CT molecular complexity index is 1220. The highest BCUT2D eigenvalue weighted by Crippen LogP contribution is 2.32. The van der Waals surface area contributed by atoms with E-state index < -0.39 is 5.91 Å². The van der Waals surface area contributed by atoms with Crippen molar-refractivity contribution in [2.45, 2.75) is 19.4 Å². The van der Waals surface area contributed by atoms with Crippen molar-refractivity contribution in [1.29, 1.82) is 0 Å².